The van der Waals surface area contributed by atoms with E-state index in [0.29, 0.717) is 5.92 Å². The molecule has 0 unspecified atom stereocenters. The molecule has 1 aliphatic heterocycles. The predicted molar refractivity (Wildman–Crippen MR) is 98.6 cm³/mol. The zero-order valence-corrected chi connectivity index (χ0v) is 15.2. The molecule has 1 saturated heterocycles. The van der Waals surface area contributed by atoms with Gasteiger partial charge in [-0.3, -0.25) is 0 Å². The van der Waals surface area contributed by atoms with E-state index in [4.69, 9.17) is 4.98 Å². The number of nitrogens with one attached hydrogen (secondary N) is 1. The zero-order chi connectivity index (χ0) is 16.7. The number of fused-ring (bicyclic) bond motifs is 1. The molecule has 24 heavy (non-hydrogen) atoms. The number of rotatable bonds is 4. The van der Waals surface area contributed by atoms with Gasteiger partial charge in [-0.25, -0.2) is 15.0 Å². The summed E-state index contributed by atoms with van der Waals surface area (Å²) >= 11 is 1.74. The molecule has 4 heterocycles. The van der Waals surface area contributed by atoms with E-state index in [1.807, 2.05) is 19.3 Å². The van der Waals surface area contributed by atoms with Crippen LogP contribution in [-0.2, 0) is 6.42 Å². The second-order valence-corrected chi connectivity index (χ2v) is 7.82. The van der Waals surface area contributed by atoms with Gasteiger partial charge in [0.25, 0.3) is 0 Å². The molecule has 0 bridgehead atoms. The van der Waals surface area contributed by atoms with E-state index in [-0.39, 0.29) is 6.04 Å². The molecule has 5 nitrogen and oxygen atoms in total. The SMILES string of the molecule is Cc1nc(N2CCC[C@@H]2c2ncc[nH]2)c2c(CC(C)C)csc2n1. The highest BCUT2D eigenvalue weighted by Crippen LogP contribution is 2.40. The lowest BCUT2D eigenvalue weighted by Gasteiger charge is -2.25. The summed E-state index contributed by atoms with van der Waals surface area (Å²) in [5.74, 6) is 3.60. The van der Waals surface area contributed by atoms with Gasteiger partial charge in [0.05, 0.1) is 11.4 Å². The first-order chi connectivity index (χ1) is 11.6. The molecule has 6 heteroatoms. The lowest BCUT2D eigenvalue weighted by atomic mass is 10.0. The highest BCUT2D eigenvalue weighted by atomic mass is 32.1. The Kier molecular flexibility index (Phi) is 4.00. The maximum absolute atomic E-state index is 4.86. The Morgan fingerprint density at radius 2 is 2.25 bits per heavy atom. The average molecular weight is 341 g/mol. The third kappa shape index (κ3) is 2.69. The molecule has 0 saturated carbocycles. The third-order valence-electron chi connectivity index (χ3n) is 4.59. The van der Waals surface area contributed by atoms with Crippen LogP contribution in [-0.4, -0.2) is 26.5 Å². The monoisotopic (exact) mass is 341 g/mol. The quantitative estimate of drug-likeness (QED) is 0.770. The maximum atomic E-state index is 4.86. The van der Waals surface area contributed by atoms with E-state index in [1.54, 1.807) is 11.3 Å². The van der Waals surface area contributed by atoms with Crippen LogP contribution >= 0.6 is 11.3 Å². The van der Waals surface area contributed by atoms with Crippen LogP contribution in [0.25, 0.3) is 10.2 Å². The topological polar surface area (TPSA) is 57.7 Å². The largest absolute Gasteiger partial charge is 0.347 e. The van der Waals surface area contributed by atoms with Crippen molar-refractivity contribution < 1.29 is 0 Å². The van der Waals surface area contributed by atoms with Gasteiger partial charge in [0, 0.05) is 18.9 Å². The van der Waals surface area contributed by atoms with Crippen LogP contribution in [0.15, 0.2) is 17.8 Å². The molecule has 0 amide bonds. The number of aromatic nitrogens is 4. The number of thiophene rings is 1. The molecule has 3 aromatic rings. The fourth-order valence-corrected chi connectivity index (χ4v) is 4.64. The summed E-state index contributed by atoms with van der Waals surface area (Å²) in [5.41, 5.74) is 1.38. The Labute approximate surface area is 146 Å². The summed E-state index contributed by atoms with van der Waals surface area (Å²) in [7, 11) is 0. The molecule has 126 valence electrons. The van der Waals surface area contributed by atoms with Gasteiger partial charge in [-0.15, -0.1) is 11.3 Å². The second kappa shape index (κ2) is 6.16. The number of anilines is 1. The molecular formula is C18H23N5S. The predicted octanol–water partition coefficient (Wildman–Crippen LogP) is 4.26. The first kappa shape index (κ1) is 15.6. The number of imidazole rings is 1. The van der Waals surface area contributed by atoms with E-state index in [9.17, 15) is 0 Å². The van der Waals surface area contributed by atoms with E-state index >= 15 is 0 Å². The van der Waals surface area contributed by atoms with E-state index in [1.165, 1.54) is 17.4 Å². The van der Waals surface area contributed by atoms with Gasteiger partial charge >= 0.3 is 0 Å². The maximum Gasteiger partial charge on any atom is 0.142 e. The molecule has 1 N–H and O–H groups in total. The first-order valence-corrected chi connectivity index (χ1v) is 9.52. The number of hydrogen-bond donors (Lipinski definition) is 1. The summed E-state index contributed by atoms with van der Waals surface area (Å²) in [6.45, 7) is 7.54. The number of aromatic amines is 1. The fraction of sp³-hybridized carbons (Fsp3) is 0.500. The minimum absolute atomic E-state index is 0.282. The van der Waals surface area contributed by atoms with Gasteiger partial charge < -0.3 is 9.88 Å². The number of nitrogens with zero attached hydrogens (tertiary/aromatic N) is 4. The summed E-state index contributed by atoms with van der Waals surface area (Å²) in [5, 5.41) is 3.51. The van der Waals surface area contributed by atoms with Crippen molar-refractivity contribution in [1.82, 2.24) is 19.9 Å². The molecule has 0 spiro atoms. The zero-order valence-electron chi connectivity index (χ0n) is 14.4. The van der Waals surface area contributed by atoms with Crippen LogP contribution in [0.2, 0.25) is 0 Å². The van der Waals surface area contributed by atoms with Crippen molar-refractivity contribution in [3.05, 3.63) is 35.0 Å². The first-order valence-electron chi connectivity index (χ1n) is 8.64. The van der Waals surface area contributed by atoms with Crippen molar-refractivity contribution in [1.29, 1.82) is 0 Å². The van der Waals surface area contributed by atoms with Crippen LogP contribution in [0.5, 0.6) is 0 Å². The van der Waals surface area contributed by atoms with E-state index in [0.717, 1.165) is 41.7 Å². The molecule has 3 aromatic heterocycles. The number of H-pyrrole nitrogens is 1. The lowest BCUT2D eigenvalue weighted by Crippen LogP contribution is -2.25. The molecule has 0 radical (unpaired) electrons. The Morgan fingerprint density at radius 1 is 1.38 bits per heavy atom. The smallest absolute Gasteiger partial charge is 0.142 e. The lowest BCUT2D eigenvalue weighted by molar-refractivity contribution is 0.649. The summed E-state index contributed by atoms with van der Waals surface area (Å²) < 4.78 is 0. The average Bonchev–Trinajstić information content (AvgIpc) is 3.26. The summed E-state index contributed by atoms with van der Waals surface area (Å²) in [6, 6.07) is 0.282. The molecule has 1 atom stereocenters. The van der Waals surface area contributed by atoms with Crippen LogP contribution in [0.3, 0.4) is 0 Å². The molecule has 0 aromatic carbocycles. The number of aryl methyl sites for hydroxylation is 1. The van der Waals surface area contributed by atoms with Gasteiger partial charge in [0.2, 0.25) is 0 Å². The molecule has 1 fully saturated rings. The van der Waals surface area contributed by atoms with Crippen LogP contribution in [0.4, 0.5) is 5.82 Å². The third-order valence-corrected chi connectivity index (χ3v) is 5.51. The van der Waals surface area contributed by atoms with Crippen LogP contribution < -0.4 is 4.90 Å². The van der Waals surface area contributed by atoms with Crippen molar-refractivity contribution in [3.8, 4) is 0 Å². The fourth-order valence-electron chi connectivity index (χ4n) is 3.65. The van der Waals surface area contributed by atoms with Crippen molar-refractivity contribution in [2.45, 2.75) is 46.1 Å². The highest BCUT2D eigenvalue weighted by molar-refractivity contribution is 7.17. The molecule has 4 rings (SSSR count). The molecule has 1 aliphatic rings. The van der Waals surface area contributed by atoms with Gasteiger partial charge in [-0.1, -0.05) is 13.8 Å². The Bertz CT molecular complexity index is 837. The summed E-state index contributed by atoms with van der Waals surface area (Å²) in [4.78, 5) is 20.9. The van der Waals surface area contributed by atoms with Crippen LogP contribution in [0, 0.1) is 12.8 Å². The molecular weight excluding hydrogens is 318 g/mol. The number of hydrogen-bond acceptors (Lipinski definition) is 5. The van der Waals surface area contributed by atoms with Crippen molar-refractivity contribution >= 4 is 27.4 Å². The molecule has 0 aliphatic carbocycles. The minimum atomic E-state index is 0.282. The van der Waals surface area contributed by atoms with Crippen molar-refractivity contribution in [3.63, 3.8) is 0 Å². The minimum Gasteiger partial charge on any atom is -0.347 e. The van der Waals surface area contributed by atoms with Crippen LogP contribution in [0.1, 0.15) is 49.9 Å². The van der Waals surface area contributed by atoms with E-state index in [2.05, 4.69) is 39.1 Å². The van der Waals surface area contributed by atoms with Gasteiger partial charge in [-0.2, -0.15) is 0 Å². The highest BCUT2D eigenvalue weighted by Gasteiger charge is 2.31. The van der Waals surface area contributed by atoms with Gasteiger partial charge in [0.15, 0.2) is 0 Å². The van der Waals surface area contributed by atoms with E-state index < -0.39 is 0 Å². The van der Waals surface area contributed by atoms with Gasteiger partial charge in [-0.05, 0) is 43.0 Å². The standard InChI is InChI=1S/C18H23N5S/c1-11(2)9-13-10-24-18-15(13)17(21-12(3)22-18)23-8-4-5-14(23)16-19-6-7-20-16/h6-7,10-11,14H,4-5,8-9H2,1-3H3,(H,19,20)/t14-/m1/s1. The normalized spacial score (nSPS) is 18.2. The van der Waals surface area contributed by atoms with Gasteiger partial charge in [0.1, 0.15) is 22.3 Å². The summed E-state index contributed by atoms with van der Waals surface area (Å²) in [6.07, 6.45) is 7.09. The van der Waals surface area contributed by atoms with Crippen molar-refractivity contribution in [2.24, 2.45) is 5.92 Å². The Hall–Kier alpha value is -1.95. The second-order valence-electron chi connectivity index (χ2n) is 6.96. The van der Waals surface area contributed by atoms with Crippen molar-refractivity contribution in [2.75, 3.05) is 11.4 Å². The Balaban J connectivity index is 1.84. The Morgan fingerprint density at radius 3 is 3.00 bits per heavy atom.